The van der Waals surface area contributed by atoms with E-state index in [1.165, 1.54) is 4.88 Å². The van der Waals surface area contributed by atoms with Gasteiger partial charge in [-0.25, -0.2) is 4.98 Å². The van der Waals surface area contributed by atoms with Crippen molar-refractivity contribution in [3.8, 4) is 0 Å². The van der Waals surface area contributed by atoms with Gasteiger partial charge in [-0.15, -0.1) is 11.3 Å². The van der Waals surface area contributed by atoms with E-state index in [1.54, 1.807) is 11.3 Å². The van der Waals surface area contributed by atoms with E-state index in [1.807, 2.05) is 13.0 Å². The molecule has 0 saturated heterocycles. The molecule has 0 amide bonds. The minimum atomic E-state index is 0.804. The number of nitrogen functional groups attached to an aromatic ring is 1. The Labute approximate surface area is 88.9 Å². The summed E-state index contributed by atoms with van der Waals surface area (Å²) in [5, 5.41) is 1.05. The quantitative estimate of drug-likeness (QED) is 0.786. The van der Waals surface area contributed by atoms with Gasteiger partial charge in [0.25, 0.3) is 0 Å². The second kappa shape index (κ2) is 2.96. The van der Waals surface area contributed by atoms with Crippen molar-refractivity contribution in [2.45, 2.75) is 13.8 Å². The molecule has 0 fully saturated rings. The molecule has 0 aliphatic heterocycles. The van der Waals surface area contributed by atoms with E-state index in [0.717, 1.165) is 26.1 Å². The number of nitrogens with two attached hydrogens (primary N) is 1. The summed E-state index contributed by atoms with van der Waals surface area (Å²) >= 11 is 5.19. The van der Waals surface area contributed by atoms with Crippen LogP contribution in [0.25, 0.3) is 10.2 Å². The fourth-order valence-electron chi connectivity index (χ4n) is 1.33. The second-order valence-electron chi connectivity index (χ2n) is 3.01. The highest BCUT2D eigenvalue weighted by molar-refractivity contribution is 9.10. The van der Waals surface area contributed by atoms with Crippen LogP contribution in [0.3, 0.4) is 0 Å². The van der Waals surface area contributed by atoms with E-state index in [9.17, 15) is 0 Å². The van der Waals surface area contributed by atoms with Crippen LogP contribution in [0.4, 0.5) is 5.69 Å². The lowest BCUT2D eigenvalue weighted by Crippen LogP contribution is -1.89. The van der Waals surface area contributed by atoms with Gasteiger partial charge in [0.1, 0.15) is 4.83 Å². The molecule has 2 N–H and O–H groups in total. The van der Waals surface area contributed by atoms with Gasteiger partial charge in [0.05, 0.1) is 0 Å². The lowest BCUT2D eigenvalue weighted by atomic mass is 10.2. The predicted molar refractivity (Wildman–Crippen MR) is 61.2 cm³/mol. The Morgan fingerprint density at radius 1 is 1.46 bits per heavy atom. The predicted octanol–water partition coefficient (Wildman–Crippen LogP) is 3.26. The first-order valence-electron chi connectivity index (χ1n) is 3.91. The number of aryl methyl sites for hydroxylation is 2. The molecule has 0 radical (unpaired) electrons. The summed E-state index contributed by atoms with van der Waals surface area (Å²) < 4.78 is 1.08. The number of anilines is 1. The number of halogens is 1. The Hall–Kier alpha value is -0.610. The summed E-state index contributed by atoms with van der Waals surface area (Å²) in [5.74, 6) is 0. The van der Waals surface area contributed by atoms with Crippen LogP contribution in [0, 0.1) is 13.8 Å². The average Bonchev–Trinajstić information content (AvgIpc) is 2.27. The van der Waals surface area contributed by atoms with Crippen LogP contribution in [0.5, 0.6) is 0 Å². The van der Waals surface area contributed by atoms with Gasteiger partial charge in [-0.3, -0.25) is 0 Å². The van der Waals surface area contributed by atoms with Crippen molar-refractivity contribution in [1.29, 1.82) is 0 Å². The molecule has 4 heteroatoms. The maximum Gasteiger partial charge on any atom is 0.127 e. The minimum absolute atomic E-state index is 0.804. The van der Waals surface area contributed by atoms with Crippen LogP contribution >= 0.6 is 27.3 Å². The normalized spacial score (nSPS) is 11.0. The largest absolute Gasteiger partial charge is 0.398 e. The van der Waals surface area contributed by atoms with E-state index in [0.29, 0.717) is 0 Å². The summed E-state index contributed by atoms with van der Waals surface area (Å²) in [6.07, 6.45) is 0. The number of thiophene rings is 1. The number of nitrogens with zero attached hydrogens (tertiary/aromatic N) is 1. The van der Waals surface area contributed by atoms with Crippen molar-refractivity contribution >= 4 is 43.2 Å². The molecule has 0 atom stereocenters. The van der Waals surface area contributed by atoms with E-state index in [-0.39, 0.29) is 0 Å². The number of aromatic nitrogens is 1. The Kier molecular flexibility index (Phi) is 2.04. The summed E-state index contributed by atoms with van der Waals surface area (Å²) in [4.78, 5) is 6.66. The molecule has 68 valence electrons. The van der Waals surface area contributed by atoms with E-state index >= 15 is 0 Å². The Morgan fingerprint density at radius 2 is 2.15 bits per heavy atom. The standard InChI is InChI=1S/C9H9BrN2S/c1-4-3-6(11)7-8(10)5(2)13-9(7)12-4/h3H,1-2H3,(H2,11,12). The molecule has 2 aromatic heterocycles. The molecule has 2 heterocycles. The van der Waals surface area contributed by atoms with Crippen molar-refractivity contribution in [2.75, 3.05) is 5.73 Å². The highest BCUT2D eigenvalue weighted by Crippen LogP contribution is 2.37. The summed E-state index contributed by atoms with van der Waals surface area (Å²) in [6, 6.07) is 1.90. The van der Waals surface area contributed by atoms with Crippen molar-refractivity contribution < 1.29 is 0 Å². The second-order valence-corrected chi connectivity index (χ2v) is 5.00. The highest BCUT2D eigenvalue weighted by Gasteiger charge is 2.10. The average molecular weight is 257 g/mol. The molecular formula is C9H9BrN2S. The van der Waals surface area contributed by atoms with Crippen LogP contribution in [-0.2, 0) is 0 Å². The van der Waals surface area contributed by atoms with E-state index < -0.39 is 0 Å². The first kappa shape index (κ1) is 8.97. The topological polar surface area (TPSA) is 38.9 Å². The molecule has 0 saturated carbocycles. The van der Waals surface area contributed by atoms with Gasteiger partial charge < -0.3 is 5.73 Å². The smallest absolute Gasteiger partial charge is 0.127 e. The van der Waals surface area contributed by atoms with Gasteiger partial charge in [0.15, 0.2) is 0 Å². The molecular weight excluding hydrogens is 248 g/mol. The molecule has 2 aromatic rings. The Bertz CT molecular complexity index is 476. The van der Waals surface area contributed by atoms with Gasteiger partial charge in [0, 0.05) is 26.1 Å². The molecule has 0 aromatic carbocycles. The Morgan fingerprint density at radius 3 is 2.85 bits per heavy atom. The number of hydrogen-bond acceptors (Lipinski definition) is 3. The van der Waals surface area contributed by atoms with Crippen LogP contribution in [0.15, 0.2) is 10.5 Å². The number of pyridine rings is 1. The first-order chi connectivity index (χ1) is 6.09. The molecule has 0 aliphatic rings. The number of hydrogen-bond donors (Lipinski definition) is 1. The van der Waals surface area contributed by atoms with Crippen LogP contribution in [-0.4, -0.2) is 4.98 Å². The first-order valence-corrected chi connectivity index (χ1v) is 5.52. The molecule has 0 unspecified atom stereocenters. The summed E-state index contributed by atoms with van der Waals surface area (Å²) in [5.41, 5.74) is 7.68. The lowest BCUT2D eigenvalue weighted by Gasteiger charge is -1.98. The molecule has 0 aliphatic carbocycles. The van der Waals surface area contributed by atoms with E-state index in [4.69, 9.17) is 5.73 Å². The van der Waals surface area contributed by atoms with Crippen molar-refractivity contribution in [3.05, 3.63) is 21.1 Å². The van der Waals surface area contributed by atoms with Crippen LogP contribution < -0.4 is 5.73 Å². The van der Waals surface area contributed by atoms with Gasteiger partial charge >= 0.3 is 0 Å². The summed E-state index contributed by atoms with van der Waals surface area (Å²) in [6.45, 7) is 4.02. The lowest BCUT2D eigenvalue weighted by molar-refractivity contribution is 1.27. The molecule has 13 heavy (non-hydrogen) atoms. The number of fused-ring (bicyclic) bond motifs is 1. The SMILES string of the molecule is Cc1cc(N)c2c(Br)c(C)sc2n1. The minimum Gasteiger partial charge on any atom is -0.398 e. The van der Waals surface area contributed by atoms with Gasteiger partial charge in [-0.2, -0.15) is 0 Å². The third kappa shape index (κ3) is 1.34. The zero-order valence-corrected chi connectivity index (χ0v) is 9.79. The third-order valence-corrected chi connectivity index (χ3v) is 4.18. The van der Waals surface area contributed by atoms with Crippen molar-refractivity contribution in [3.63, 3.8) is 0 Å². The maximum absolute atomic E-state index is 5.91. The monoisotopic (exact) mass is 256 g/mol. The zero-order valence-electron chi connectivity index (χ0n) is 7.39. The van der Waals surface area contributed by atoms with Crippen molar-refractivity contribution in [1.82, 2.24) is 4.98 Å². The van der Waals surface area contributed by atoms with Crippen LogP contribution in [0.1, 0.15) is 10.6 Å². The Balaban J connectivity index is 2.94. The fourth-order valence-corrected chi connectivity index (χ4v) is 3.11. The van der Waals surface area contributed by atoms with Crippen molar-refractivity contribution in [2.24, 2.45) is 0 Å². The fraction of sp³-hybridized carbons (Fsp3) is 0.222. The summed E-state index contributed by atoms with van der Waals surface area (Å²) in [7, 11) is 0. The number of rotatable bonds is 0. The third-order valence-electron chi connectivity index (χ3n) is 1.92. The van der Waals surface area contributed by atoms with Gasteiger partial charge in [-0.1, -0.05) is 0 Å². The van der Waals surface area contributed by atoms with E-state index in [2.05, 4.69) is 27.8 Å². The van der Waals surface area contributed by atoms with Gasteiger partial charge in [-0.05, 0) is 35.8 Å². The zero-order chi connectivity index (χ0) is 9.59. The van der Waals surface area contributed by atoms with Crippen LogP contribution in [0.2, 0.25) is 0 Å². The maximum atomic E-state index is 5.91. The van der Waals surface area contributed by atoms with Gasteiger partial charge in [0.2, 0.25) is 0 Å². The molecule has 2 rings (SSSR count). The molecule has 0 spiro atoms. The molecule has 2 nitrogen and oxygen atoms in total. The molecule has 0 bridgehead atoms. The highest BCUT2D eigenvalue weighted by atomic mass is 79.9.